The van der Waals surface area contributed by atoms with Crippen molar-refractivity contribution in [2.45, 2.75) is 38.6 Å². The molecule has 1 aromatic rings. The van der Waals surface area contributed by atoms with Crippen molar-refractivity contribution in [3.63, 3.8) is 0 Å². The third kappa shape index (κ3) is 4.69. The Kier molecular flexibility index (Phi) is 4.84. The molecule has 86 valence electrons. The summed E-state index contributed by atoms with van der Waals surface area (Å²) in [5, 5.41) is 3.77. The average molecular weight is 282 g/mol. The molecule has 16 heavy (non-hydrogen) atoms. The molecule has 0 spiro atoms. The number of rotatable bonds is 5. The van der Waals surface area contributed by atoms with Gasteiger partial charge in [0.05, 0.1) is 0 Å². The molecule has 0 aliphatic heterocycles. The lowest BCUT2D eigenvalue weighted by Crippen LogP contribution is -2.15. The maximum atomic E-state index is 8.40. The fourth-order valence-corrected chi connectivity index (χ4v) is 1.81. The largest absolute Gasteiger partial charge is 0.0878 e. The lowest BCUT2D eigenvalue weighted by Gasteiger charge is -2.16. The van der Waals surface area contributed by atoms with Crippen LogP contribution in [0.5, 0.6) is 0 Å². The molecule has 0 fully saturated rings. The molecule has 0 atom stereocenters. The molecule has 4 heteroatoms. The van der Waals surface area contributed by atoms with E-state index in [1.54, 1.807) is 0 Å². The Morgan fingerprint density at radius 1 is 1.31 bits per heavy atom. The average Bonchev–Trinajstić information content (AvgIpc) is 2.20. The number of hydrogen-bond donors (Lipinski definition) is 0. The standard InChI is InChI=1S/C12H16BrN3/c1-12(2,15-16-14)9-3-4-10-5-7-11(13)8-6-10/h5-8H,3-4,9H2,1-2H3. The fourth-order valence-electron chi connectivity index (χ4n) is 1.55. The second kappa shape index (κ2) is 5.92. The Balaban J connectivity index is 2.41. The summed E-state index contributed by atoms with van der Waals surface area (Å²) < 4.78 is 1.10. The van der Waals surface area contributed by atoms with E-state index in [-0.39, 0.29) is 5.54 Å². The minimum absolute atomic E-state index is 0.274. The molecule has 3 nitrogen and oxygen atoms in total. The first-order valence-electron chi connectivity index (χ1n) is 5.34. The van der Waals surface area contributed by atoms with Crippen LogP contribution in [0.3, 0.4) is 0 Å². The second-order valence-electron chi connectivity index (χ2n) is 4.48. The zero-order chi connectivity index (χ0) is 12.0. The molecule has 0 aromatic heterocycles. The molecule has 0 amide bonds. The van der Waals surface area contributed by atoms with E-state index in [9.17, 15) is 0 Å². The van der Waals surface area contributed by atoms with Crippen LogP contribution in [0, 0.1) is 0 Å². The van der Waals surface area contributed by atoms with E-state index < -0.39 is 0 Å². The van der Waals surface area contributed by atoms with Gasteiger partial charge in [0.1, 0.15) is 0 Å². The first kappa shape index (κ1) is 13.1. The summed E-state index contributed by atoms with van der Waals surface area (Å²) in [5.41, 5.74) is 9.45. The van der Waals surface area contributed by atoms with Gasteiger partial charge < -0.3 is 0 Å². The van der Waals surface area contributed by atoms with Crippen LogP contribution in [-0.2, 0) is 6.42 Å². The fraction of sp³-hybridized carbons (Fsp3) is 0.500. The Morgan fingerprint density at radius 3 is 2.50 bits per heavy atom. The van der Waals surface area contributed by atoms with Gasteiger partial charge in [-0.15, -0.1) is 0 Å². The second-order valence-corrected chi connectivity index (χ2v) is 5.40. The molecule has 1 aromatic carbocycles. The lowest BCUT2D eigenvalue weighted by atomic mass is 9.97. The van der Waals surface area contributed by atoms with Gasteiger partial charge in [-0.1, -0.05) is 47.0 Å². The van der Waals surface area contributed by atoms with Crippen molar-refractivity contribution in [3.05, 3.63) is 44.7 Å². The van der Waals surface area contributed by atoms with Crippen molar-refractivity contribution in [3.8, 4) is 0 Å². The monoisotopic (exact) mass is 281 g/mol. The van der Waals surface area contributed by atoms with E-state index in [2.05, 4.69) is 38.1 Å². The Bertz CT molecular complexity index is 378. The molecule has 0 unspecified atom stereocenters. The maximum absolute atomic E-state index is 8.40. The summed E-state index contributed by atoms with van der Waals surface area (Å²) >= 11 is 3.41. The van der Waals surface area contributed by atoms with E-state index in [1.165, 1.54) is 5.56 Å². The van der Waals surface area contributed by atoms with Gasteiger partial charge in [0, 0.05) is 14.9 Å². The lowest BCUT2D eigenvalue weighted by molar-refractivity contribution is 0.457. The number of azide groups is 1. The Hall–Kier alpha value is -0.990. The number of nitrogens with zero attached hydrogens (tertiary/aromatic N) is 3. The molecule has 0 radical (unpaired) electrons. The highest BCUT2D eigenvalue weighted by Gasteiger charge is 2.14. The summed E-state index contributed by atoms with van der Waals surface area (Å²) in [6, 6.07) is 8.33. The van der Waals surface area contributed by atoms with Gasteiger partial charge in [-0.2, -0.15) is 0 Å². The molecule has 0 aliphatic rings. The number of benzene rings is 1. The number of hydrogen-bond acceptors (Lipinski definition) is 1. The molecular formula is C12H16BrN3. The van der Waals surface area contributed by atoms with Gasteiger partial charge in [-0.3, -0.25) is 0 Å². The SMILES string of the molecule is CC(C)(CCCc1ccc(Br)cc1)N=[N+]=[N-]. The highest BCUT2D eigenvalue weighted by atomic mass is 79.9. The van der Waals surface area contributed by atoms with Crippen LogP contribution in [0.25, 0.3) is 10.4 Å². The normalized spacial score (nSPS) is 10.9. The van der Waals surface area contributed by atoms with Gasteiger partial charge in [-0.25, -0.2) is 0 Å². The highest BCUT2D eigenvalue weighted by Crippen LogP contribution is 2.19. The summed E-state index contributed by atoms with van der Waals surface area (Å²) in [6.45, 7) is 3.93. The number of halogens is 1. The van der Waals surface area contributed by atoms with Crippen LogP contribution in [0.1, 0.15) is 32.3 Å². The third-order valence-electron chi connectivity index (χ3n) is 2.48. The quantitative estimate of drug-likeness (QED) is 0.420. The van der Waals surface area contributed by atoms with Crippen molar-refractivity contribution in [1.29, 1.82) is 0 Å². The molecule has 0 saturated heterocycles. The highest BCUT2D eigenvalue weighted by molar-refractivity contribution is 9.10. The van der Waals surface area contributed by atoms with Crippen molar-refractivity contribution in [1.82, 2.24) is 0 Å². The van der Waals surface area contributed by atoms with Crippen LogP contribution in [0.15, 0.2) is 33.9 Å². The zero-order valence-corrected chi connectivity index (χ0v) is 11.2. The molecular weight excluding hydrogens is 266 g/mol. The first-order chi connectivity index (χ1) is 7.53. The van der Waals surface area contributed by atoms with Crippen LogP contribution < -0.4 is 0 Å². The Labute approximate surface area is 105 Å². The zero-order valence-electron chi connectivity index (χ0n) is 9.65. The predicted molar refractivity (Wildman–Crippen MR) is 70.3 cm³/mol. The molecule has 0 N–H and O–H groups in total. The van der Waals surface area contributed by atoms with E-state index in [1.807, 2.05) is 26.0 Å². The molecule has 1 rings (SSSR count). The Morgan fingerprint density at radius 2 is 1.94 bits per heavy atom. The topological polar surface area (TPSA) is 48.8 Å². The van der Waals surface area contributed by atoms with Crippen LogP contribution in [0.2, 0.25) is 0 Å². The molecule has 0 bridgehead atoms. The van der Waals surface area contributed by atoms with Crippen LogP contribution >= 0.6 is 15.9 Å². The predicted octanol–water partition coefficient (Wildman–Crippen LogP) is 4.86. The third-order valence-corrected chi connectivity index (χ3v) is 3.01. The van der Waals surface area contributed by atoms with Crippen molar-refractivity contribution in [2.24, 2.45) is 5.11 Å². The summed E-state index contributed by atoms with van der Waals surface area (Å²) in [6.07, 6.45) is 2.97. The van der Waals surface area contributed by atoms with Gasteiger partial charge in [0.15, 0.2) is 0 Å². The molecule has 0 saturated carbocycles. The minimum Gasteiger partial charge on any atom is -0.0878 e. The van der Waals surface area contributed by atoms with Gasteiger partial charge >= 0.3 is 0 Å². The van der Waals surface area contributed by atoms with Crippen LogP contribution in [0.4, 0.5) is 0 Å². The summed E-state index contributed by atoms with van der Waals surface area (Å²) in [4.78, 5) is 2.86. The van der Waals surface area contributed by atoms with E-state index >= 15 is 0 Å². The molecule has 0 aliphatic carbocycles. The maximum Gasteiger partial charge on any atom is 0.0432 e. The molecule has 0 heterocycles. The number of aryl methyl sites for hydroxylation is 1. The first-order valence-corrected chi connectivity index (χ1v) is 6.13. The van der Waals surface area contributed by atoms with Gasteiger partial charge in [0.25, 0.3) is 0 Å². The van der Waals surface area contributed by atoms with Crippen molar-refractivity contribution < 1.29 is 0 Å². The van der Waals surface area contributed by atoms with Crippen molar-refractivity contribution >= 4 is 15.9 Å². The summed E-state index contributed by atoms with van der Waals surface area (Å²) in [5.74, 6) is 0. The minimum atomic E-state index is -0.274. The summed E-state index contributed by atoms with van der Waals surface area (Å²) in [7, 11) is 0. The smallest absolute Gasteiger partial charge is 0.0432 e. The van der Waals surface area contributed by atoms with E-state index in [0.29, 0.717) is 0 Å². The van der Waals surface area contributed by atoms with E-state index in [0.717, 1.165) is 23.7 Å². The van der Waals surface area contributed by atoms with Crippen LogP contribution in [-0.4, -0.2) is 5.54 Å². The van der Waals surface area contributed by atoms with Gasteiger partial charge in [0.2, 0.25) is 0 Å². The van der Waals surface area contributed by atoms with Gasteiger partial charge in [-0.05, 0) is 42.5 Å². The van der Waals surface area contributed by atoms with Crippen molar-refractivity contribution in [2.75, 3.05) is 0 Å². The van der Waals surface area contributed by atoms with E-state index in [4.69, 9.17) is 5.53 Å².